The molecular formula is C30H44ClN5O13P2. The molecule has 0 saturated carbocycles. The summed E-state index contributed by atoms with van der Waals surface area (Å²) in [5.74, 6) is -1.00. The molecule has 284 valence electrons. The molecule has 21 heteroatoms. The Bertz CT molecular complexity index is 1650. The van der Waals surface area contributed by atoms with Crippen molar-refractivity contribution in [1.82, 2.24) is 19.7 Å². The van der Waals surface area contributed by atoms with Gasteiger partial charge in [0.25, 0.3) is 0 Å². The van der Waals surface area contributed by atoms with Gasteiger partial charge in [0.15, 0.2) is 17.8 Å². The molecule has 3 aromatic rings. The van der Waals surface area contributed by atoms with E-state index in [0.29, 0.717) is 77.1 Å². The van der Waals surface area contributed by atoms with Gasteiger partial charge in [0, 0.05) is 13.1 Å². The molecule has 51 heavy (non-hydrogen) atoms. The average Bonchev–Trinajstić information content (AvgIpc) is 3.60. The first-order valence-corrected chi connectivity index (χ1v) is 19.9. The number of nitrogens with zero attached hydrogens (tertiary/aromatic N) is 5. The van der Waals surface area contributed by atoms with Gasteiger partial charge in [-0.1, -0.05) is 35.9 Å². The standard InChI is InChI=1S/C30H44ClN5O13P2/c1-3-9-44-11-13-46-15-16-47-14-12-45-10-8-35(18-22-6-4-21(2)5-7-22)27-23-17-32-36(28(23)34-30(31)33-27)29-26(38)25(37)24(49-29)19-48-51(42,43)20-50(39,40)41/h3-7,17,24-26,29,37-38H,1,8-16,18-20H2,2H3,(H,42,43)(H2,39,40,41)/t24-,25-,26-,29-/m1/s1. The van der Waals surface area contributed by atoms with Crippen molar-refractivity contribution in [2.24, 2.45) is 0 Å². The van der Waals surface area contributed by atoms with E-state index < -0.39 is 52.2 Å². The largest absolute Gasteiger partial charge is 0.387 e. The Morgan fingerprint density at radius 3 is 2.22 bits per heavy atom. The summed E-state index contributed by atoms with van der Waals surface area (Å²) < 4.78 is 57.2. The zero-order chi connectivity index (χ0) is 37.0. The molecule has 1 fully saturated rings. The molecule has 0 spiro atoms. The third-order valence-corrected chi connectivity index (χ3v) is 11.1. The number of rotatable bonds is 23. The number of aryl methyl sites for hydroxylation is 1. The van der Waals surface area contributed by atoms with Gasteiger partial charge in [-0.2, -0.15) is 15.1 Å². The van der Waals surface area contributed by atoms with E-state index in [0.717, 1.165) is 11.1 Å². The second kappa shape index (κ2) is 19.6. The number of aliphatic hydroxyl groups excluding tert-OH is 2. The molecule has 0 amide bonds. The fourth-order valence-electron chi connectivity index (χ4n) is 5.02. The van der Waals surface area contributed by atoms with E-state index in [9.17, 15) is 24.2 Å². The van der Waals surface area contributed by atoms with E-state index in [-0.39, 0.29) is 10.9 Å². The Balaban J connectivity index is 1.42. The van der Waals surface area contributed by atoms with Gasteiger partial charge in [-0.15, -0.1) is 6.58 Å². The third kappa shape index (κ3) is 12.9. The van der Waals surface area contributed by atoms with Crippen molar-refractivity contribution >= 4 is 43.6 Å². The van der Waals surface area contributed by atoms with Crippen LogP contribution in [0.15, 0.2) is 43.1 Å². The Morgan fingerprint density at radius 2 is 1.59 bits per heavy atom. The van der Waals surface area contributed by atoms with Crippen molar-refractivity contribution in [3.63, 3.8) is 0 Å². The Labute approximate surface area is 299 Å². The number of benzene rings is 1. The maximum atomic E-state index is 12.1. The highest BCUT2D eigenvalue weighted by Crippen LogP contribution is 2.55. The molecule has 1 aliphatic heterocycles. The number of anilines is 1. The molecule has 5 atom stereocenters. The summed E-state index contributed by atoms with van der Waals surface area (Å²) in [6, 6.07) is 7.97. The van der Waals surface area contributed by atoms with Gasteiger partial charge >= 0.3 is 15.2 Å². The van der Waals surface area contributed by atoms with Gasteiger partial charge in [-0.3, -0.25) is 9.13 Å². The molecular weight excluding hydrogens is 736 g/mol. The van der Waals surface area contributed by atoms with E-state index in [4.69, 9.17) is 49.6 Å². The van der Waals surface area contributed by atoms with Crippen molar-refractivity contribution in [3.05, 3.63) is 59.5 Å². The van der Waals surface area contributed by atoms with Crippen LogP contribution in [0.1, 0.15) is 17.4 Å². The number of hydrogen-bond acceptors (Lipinski definition) is 14. The maximum Gasteiger partial charge on any atom is 0.340 e. The highest BCUT2D eigenvalue weighted by molar-refractivity contribution is 7.70. The normalized spacial score (nSPS) is 20.5. The van der Waals surface area contributed by atoms with Crippen molar-refractivity contribution in [1.29, 1.82) is 0 Å². The number of aliphatic hydroxyl groups is 2. The molecule has 2 aromatic heterocycles. The van der Waals surface area contributed by atoms with Crippen LogP contribution in [0.4, 0.5) is 5.82 Å². The summed E-state index contributed by atoms with van der Waals surface area (Å²) in [6.45, 7) is 8.90. The molecule has 0 bridgehead atoms. The SMILES string of the molecule is C=CCOCCOCCOCCOCCN(Cc1ccc(C)cc1)c1nc(Cl)nc2c1cnn2[C@@H]1O[C@H](COP(=O)(O)CP(=O)(O)O)[C@@H](O)[C@H]1O. The van der Waals surface area contributed by atoms with Crippen LogP contribution in [-0.4, -0.2) is 135 Å². The zero-order valence-electron chi connectivity index (χ0n) is 28.0. The average molecular weight is 780 g/mol. The highest BCUT2D eigenvalue weighted by atomic mass is 35.5. The molecule has 1 unspecified atom stereocenters. The monoisotopic (exact) mass is 779 g/mol. The minimum absolute atomic E-state index is 0.136. The van der Waals surface area contributed by atoms with Crippen LogP contribution in [0.5, 0.6) is 0 Å². The van der Waals surface area contributed by atoms with Crippen molar-refractivity contribution in [3.8, 4) is 0 Å². The summed E-state index contributed by atoms with van der Waals surface area (Å²) in [4.78, 5) is 38.6. The number of hydrogen-bond donors (Lipinski definition) is 5. The van der Waals surface area contributed by atoms with Crippen LogP contribution < -0.4 is 4.90 Å². The summed E-state index contributed by atoms with van der Waals surface area (Å²) in [5.41, 5.74) is 2.24. The summed E-state index contributed by atoms with van der Waals surface area (Å²) in [6.07, 6.45) is -2.77. The first-order chi connectivity index (χ1) is 24.3. The number of aromatic nitrogens is 4. The first-order valence-electron chi connectivity index (χ1n) is 15.9. The smallest absolute Gasteiger partial charge is 0.340 e. The summed E-state index contributed by atoms with van der Waals surface area (Å²) >= 11 is 6.41. The quantitative estimate of drug-likeness (QED) is 0.0400. The van der Waals surface area contributed by atoms with E-state index in [1.807, 2.05) is 36.1 Å². The van der Waals surface area contributed by atoms with Crippen LogP contribution in [0, 0.1) is 6.92 Å². The molecule has 1 aromatic carbocycles. The van der Waals surface area contributed by atoms with Crippen LogP contribution >= 0.6 is 26.8 Å². The van der Waals surface area contributed by atoms with Gasteiger partial charge in [0.1, 0.15) is 24.1 Å². The lowest BCUT2D eigenvalue weighted by Gasteiger charge is -2.25. The van der Waals surface area contributed by atoms with E-state index in [1.54, 1.807) is 6.08 Å². The molecule has 4 rings (SSSR count). The van der Waals surface area contributed by atoms with Gasteiger partial charge in [-0.05, 0) is 24.1 Å². The maximum absolute atomic E-state index is 12.1. The molecule has 1 saturated heterocycles. The molecule has 0 radical (unpaired) electrons. The molecule has 0 aliphatic carbocycles. The number of fused-ring (bicyclic) bond motifs is 1. The fourth-order valence-corrected chi connectivity index (χ4v) is 7.75. The second-order valence-corrected chi connectivity index (χ2v) is 15.9. The van der Waals surface area contributed by atoms with Gasteiger partial charge < -0.3 is 58.0 Å². The van der Waals surface area contributed by atoms with E-state index >= 15 is 0 Å². The third-order valence-electron chi connectivity index (χ3n) is 7.44. The van der Waals surface area contributed by atoms with Crippen LogP contribution in [0.3, 0.4) is 0 Å². The molecule has 3 heterocycles. The topological polar surface area (TPSA) is 238 Å². The van der Waals surface area contributed by atoms with Crippen molar-refractivity contribution in [2.45, 2.75) is 38.0 Å². The fraction of sp³-hybridized carbons (Fsp3) is 0.567. The van der Waals surface area contributed by atoms with Crippen LogP contribution in [0.25, 0.3) is 11.0 Å². The lowest BCUT2D eigenvalue weighted by atomic mass is 10.1. The van der Waals surface area contributed by atoms with Crippen molar-refractivity contribution < 1.29 is 62.2 Å². The molecule has 1 aliphatic rings. The number of halogens is 1. The molecule has 18 nitrogen and oxygen atoms in total. The Hall–Kier alpha value is -2.38. The Morgan fingerprint density at radius 1 is 0.961 bits per heavy atom. The Kier molecular flexibility index (Phi) is 15.9. The molecule has 5 N–H and O–H groups in total. The summed E-state index contributed by atoms with van der Waals surface area (Å²) in [5, 5.41) is 26.1. The summed E-state index contributed by atoms with van der Waals surface area (Å²) in [7, 11) is -9.62. The predicted molar refractivity (Wildman–Crippen MR) is 185 cm³/mol. The van der Waals surface area contributed by atoms with Crippen LogP contribution in [-0.2, 0) is 43.9 Å². The lowest BCUT2D eigenvalue weighted by Crippen LogP contribution is -2.33. The van der Waals surface area contributed by atoms with E-state index in [2.05, 4.69) is 21.6 Å². The first kappa shape index (κ1) is 41.4. The number of ether oxygens (including phenoxy) is 5. The second-order valence-electron chi connectivity index (χ2n) is 11.5. The van der Waals surface area contributed by atoms with Crippen molar-refractivity contribution in [2.75, 3.05) is 76.8 Å². The van der Waals surface area contributed by atoms with Gasteiger partial charge in [0.05, 0.1) is 71.0 Å². The van der Waals surface area contributed by atoms with Gasteiger partial charge in [-0.25, -0.2) is 4.68 Å². The minimum atomic E-state index is -4.88. The van der Waals surface area contributed by atoms with Crippen LogP contribution in [0.2, 0.25) is 5.28 Å². The predicted octanol–water partition coefficient (Wildman–Crippen LogP) is 2.00. The lowest BCUT2D eigenvalue weighted by molar-refractivity contribution is -0.0541. The van der Waals surface area contributed by atoms with E-state index in [1.165, 1.54) is 10.9 Å². The highest BCUT2D eigenvalue weighted by Gasteiger charge is 2.46. The zero-order valence-corrected chi connectivity index (χ0v) is 30.5. The minimum Gasteiger partial charge on any atom is -0.387 e. The van der Waals surface area contributed by atoms with Gasteiger partial charge in [0.2, 0.25) is 5.28 Å².